The van der Waals surface area contributed by atoms with E-state index in [1.54, 1.807) is 0 Å². The van der Waals surface area contributed by atoms with Gasteiger partial charge in [-0.3, -0.25) is 4.79 Å². The van der Waals surface area contributed by atoms with E-state index in [0.29, 0.717) is 0 Å². The summed E-state index contributed by atoms with van der Waals surface area (Å²) >= 11 is 0. The molecule has 0 aromatic heterocycles. The molecule has 11 heavy (non-hydrogen) atoms. The first-order chi connectivity index (χ1) is 4.95. The van der Waals surface area contributed by atoms with Crippen LogP contribution in [0.1, 0.15) is 0 Å². The molecule has 0 aromatic carbocycles. The molecule has 0 radical (unpaired) electrons. The standard InChI is InChI=1S/C5H3F3O3/c1-2-5(6,7)3(9)4(10)11-8/h2H,1H2. The Bertz CT molecular complexity index is 199. The fraction of sp³-hybridized carbons (Fsp3) is 0.200. The van der Waals surface area contributed by atoms with Crippen LogP contribution in [0.3, 0.4) is 0 Å². The summed E-state index contributed by atoms with van der Waals surface area (Å²) < 4.78 is 35.0. The summed E-state index contributed by atoms with van der Waals surface area (Å²) in [5.74, 6) is -8.59. The lowest BCUT2D eigenvalue weighted by molar-refractivity contribution is -0.191. The average molecular weight is 168 g/mol. The molecule has 0 amide bonds. The maximum atomic E-state index is 12.0. The van der Waals surface area contributed by atoms with Crippen molar-refractivity contribution >= 4 is 11.8 Å². The van der Waals surface area contributed by atoms with Gasteiger partial charge >= 0.3 is 17.7 Å². The van der Waals surface area contributed by atoms with Gasteiger partial charge in [0.15, 0.2) is 0 Å². The van der Waals surface area contributed by atoms with Gasteiger partial charge in [0.05, 0.1) is 0 Å². The van der Waals surface area contributed by atoms with E-state index >= 15 is 0 Å². The second-order valence-corrected chi connectivity index (χ2v) is 1.52. The van der Waals surface area contributed by atoms with Crippen molar-refractivity contribution in [3.63, 3.8) is 0 Å². The summed E-state index contributed by atoms with van der Waals surface area (Å²) in [7, 11) is 0. The zero-order chi connectivity index (χ0) is 9.07. The minimum atomic E-state index is -4.07. The molecule has 3 nitrogen and oxygen atoms in total. The first-order valence-electron chi connectivity index (χ1n) is 2.34. The van der Waals surface area contributed by atoms with Gasteiger partial charge in [-0.2, -0.15) is 8.78 Å². The Balaban J connectivity index is 4.48. The maximum absolute atomic E-state index is 12.0. The van der Waals surface area contributed by atoms with Crippen LogP contribution in [0.15, 0.2) is 12.7 Å². The Morgan fingerprint density at radius 2 is 1.91 bits per heavy atom. The highest BCUT2D eigenvalue weighted by Crippen LogP contribution is 2.16. The Kier molecular flexibility index (Phi) is 2.79. The van der Waals surface area contributed by atoms with Crippen molar-refractivity contribution < 1.29 is 27.8 Å². The highest BCUT2D eigenvalue weighted by Gasteiger charge is 2.41. The smallest absolute Gasteiger partial charge is 0.279 e. The van der Waals surface area contributed by atoms with Crippen LogP contribution in [0.5, 0.6) is 0 Å². The van der Waals surface area contributed by atoms with E-state index in [2.05, 4.69) is 11.5 Å². The summed E-state index contributed by atoms with van der Waals surface area (Å²) in [6.07, 6.45) is -0.0771. The summed E-state index contributed by atoms with van der Waals surface area (Å²) in [6, 6.07) is 0. The number of ketones is 1. The summed E-state index contributed by atoms with van der Waals surface area (Å²) in [6.45, 7) is 2.57. The molecule has 0 saturated carbocycles. The number of alkyl halides is 2. The second-order valence-electron chi connectivity index (χ2n) is 1.52. The van der Waals surface area contributed by atoms with Crippen LogP contribution in [0.25, 0.3) is 0 Å². The predicted octanol–water partition coefficient (Wildman–Crippen LogP) is 0.804. The van der Waals surface area contributed by atoms with Crippen molar-refractivity contribution in [1.82, 2.24) is 0 Å². The molecular weight excluding hydrogens is 165 g/mol. The van der Waals surface area contributed by atoms with Gasteiger partial charge in [-0.15, -0.1) is 0 Å². The van der Waals surface area contributed by atoms with Gasteiger partial charge in [0.2, 0.25) is 0 Å². The largest absolute Gasteiger partial charge is 0.421 e. The molecule has 0 aliphatic rings. The van der Waals surface area contributed by atoms with Crippen LogP contribution in [0.2, 0.25) is 0 Å². The fourth-order valence-electron chi connectivity index (χ4n) is 0.264. The quantitative estimate of drug-likeness (QED) is 0.462. The van der Waals surface area contributed by atoms with Crippen LogP contribution in [-0.4, -0.2) is 17.7 Å². The molecule has 0 rings (SSSR count). The van der Waals surface area contributed by atoms with Gasteiger partial charge in [0, 0.05) is 4.53 Å². The van der Waals surface area contributed by atoms with Crippen molar-refractivity contribution in [2.75, 3.05) is 0 Å². The number of rotatable bonds is 3. The monoisotopic (exact) mass is 168 g/mol. The Morgan fingerprint density at radius 3 is 2.18 bits per heavy atom. The topological polar surface area (TPSA) is 43.4 Å². The Morgan fingerprint density at radius 1 is 1.45 bits per heavy atom. The number of allylic oxidation sites excluding steroid dienone is 1. The number of halogens is 3. The first kappa shape index (κ1) is 9.67. The number of Topliss-reactive ketones (excluding diaryl/α,β-unsaturated/α-hetero) is 1. The normalized spacial score (nSPS) is 10.5. The molecule has 0 spiro atoms. The molecule has 0 aliphatic carbocycles. The Hall–Kier alpha value is -1.33. The molecule has 0 unspecified atom stereocenters. The van der Waals surface area contributed by atoms with Gasteiger partial charge in [-0.1, -0.05) is 6.58 Å². The lowest BCUT2D eigenvalue weighted by Crippen LogP contribution is -2.33. The third kappa shape index (κ3) is 2.06. The minimum Gasteiger partial charge on any atom is -0.279 e. The summed E-state index contributed by atoms with van der Waals surface area (Å²) in [5.41, 5.74) is 0. The van der Waals surface area contributed by atoms with E-state index in [1.165, 1.54) is 0 Å². The molecule has 0 aliphatic heterocycles. The summed E-state index contributed by atoms with van der Waals surface area (Å²) in [4.78, 5) is 22.2. The third-order valence-corrected chi connectivity index (χ3v) is 0.815. The van der Waals surface area contributed by atoms with Crippen LogP contribution in [0.4, 0.5) is 13.3 Å². The zero-order valence-electron chi connectivity index (χ0n) is 5.14. The number of carbonyl (C=O) groups excluding carboxylic acids is 2. The first-order valence-corrected chi connectivity index (χ1v) is 2.34. The van der Waals surface area contributed by atoms with Crippen LogP contribution in [0, 0.1) is 0 Å². The maximum Gasteiger partial charge on any atom is 0.421 e. The van der Waals surface area contributed by atoms with Crippen molar-refractivity contribution in [3.05, 3.63) is 12.7 Å². The van der Waals surface area contributed by atoms with E-state index in [-0.39, 0.29) is 6.08 Å². The third-order valence-electron chi connectivity index (χ3n) is 0.815. The van der Waals surface area contributed by atoms with Gasteiger partial charge in [0.25, 0.3) is 0 Å². The Labute approximate surface area is 59.3 Å². The zero-order valence-corrected chi connectivity index (χ0v) is 5.14. The lowest BCUT2D eigenvalue weighted by atomic mass is 10.2. The van der Waals surface area contributed by atoms with Crippen molar-refractivity contribution in [2.24, 2.45) is 0 Å². The van der Waals surface area contributed by atoms with Crippen LogP contribution < -0.4 is 0 Å². The van der Waals surface area contributed by atoms with Crippen molar-refractivity contribution in [3.8, 4) is 0 Å². The fourth-order valence-corrected chi connectivity index (χ4v) is 0.264. The van der Waals surface area contributed by atoms with E-state index in [0.717, 1.165) is 0 Å². The molecule has 6 heteroatoms. The van der Waals surface area contributed by atoms with Crippen LogP contribution >= 0.6 is 0 Å². The number of hydrogen-bond acceptors (Lipinski definition) is 3. The van der Waals surface area contributed by atoms with Gasteiger partial charge in [-0.25, -0.2) is 9.74 Å². The molecule has 0 aromatic rings. The molecule has 0 bridgehead atoms. The molecular formula is C5H3F3O3. The number of carbonyl (C=O) groups is 2. The summed E-state index contributed by atoms with van der Waals surface area (Å²) in [5, 5.41) is 0. The molecule has 0 atom stereocenters. The average Bonchev–Trinajstić information content (AvgIpc) is 2.01. The van der Waals surface area contributed by atoms with E-state index in [1.807, 2.05) is 0 Å². The van der Waals surface area contributed by atoms with E-state index in [4.69, 9.17) is 0 Å². The van der Waals surface area contributed by atoms with Crippen LogP contribution in [-0.2, 0) is 14.5 Å². The van der Waals surface area contributed by atoms with Gasteiger partial charge in [0.1, 0.15) is 0 Å². The highest BCUT2D eigenvalue weighted by molar-refractivity contribution is 6.36. The molecule has 0 heterocycles. The number of hydrogen-bond donors (Lipinski definition) is 0. The van der Waals surface area contributed by atoms with E-state index in [9.17, 15) is 22.9 Å². The molecule has 0 saturated heterocycles. The lowest BCUT2D eigenvalue weighted by Gasteiger charge is -2.04. The highest BCUT2D eigenvalue weighted by atomic mass is 19.3. The SMILES string of the molecule is C=CC(F)(F)C(=O)C(=O)OF. The minimum absolute atomic E-state index is 0.0771. The predicted molar refractivity (Wildman–Crippen MR) is 27.4 cm³/mol. The van der Waals surface area contributed by atoms with Crippen molar-refractivity contribution in [1.29, 1.82) is 0 Å². The van der Waals surface area contributed by atoms with E-state index < -0.39 is 17.7 Å². The van der Waals surface area contributed by atoms with Crippen molar-refractivity contribution in [2.45, 2.75) is 5.92 Å². The van der Waals surface area contributed by atoms with Gasteiger partial charge < -0.3 is 0 Å². The molecule has 62 valence electrons. The second kappa shape index (κ2) is 3.18. The molecule has 0 N–H and O–H groups in total. The van der Waals surface area contributed by atoms with Gasteiger partial charge in [-0.05, 0) is 6.08 Å². The molecule has 0 fully saturated rings.